The highest BCUT2D eigenvalue weighted by Crippen LogP contribution is 2.33. The number of carbonyl (C=O) groups excluding carboxylic acids is 1. The predicted molar refractivity (Wildman–Crippen MR) is 133 cm³/mol. The number of nitrogens with one attached hydrogen (secondary N) is 2. The van der Waals surface area contributed by atoms with Crippen molar-refractivity contribution in [2.75, 3.05) is 20.8 Å². The number of hydrogen-bond donors (Lipinski definition) is 2. The van der Waals surface area contributed by atoms with E-state index < -0.39 is 15.6 Å². The molecule has 0 unspecified atom stereocenters. The van der Waals surface area contributed by atoms with Gasteiger partial charge in [0.15, 0.2) is 0 Å². The maximum Gasteiger partial charge on any atom is 0.241 e. The lowest BCUT2D eigenvalue weighted by Crippen LogP contribution is -2.55. The fraction of sp³-hybridized carbons (Fsp3) is 0.231. The lowest BCUT2D eigenvalue weighted by atomic mass is 9.89. The van der Waals surface area contributed by atoms with Gasteiger partial charge in [0.2, 0.25) is 15.9 Å². The van der Waals surface area contributed by atoms with Gasteiger partial charge in [-0.25, -0.2) is 8.42 Å². The molecule has 0 saturated carbocycles. The van der Waals surface area contributed by atoms with Gasteiger partial charge in [-0.05, 0) is 70.6 Å². The Morgan fingerprint density at radius 3 is 2.54 bits per heavy atom. The number of benzene rings is 3. The van der Waals surface area contributed by atoms with Crippen LogP contribution in [0.1, 0.15) is 12.0 Å². The zero-order valence-electron chi connectivity index (χ0n) is 19.4. The molecule has 0 spiro atoms. The topological polar surface area (TPSA) is 107 Å². The summed E-state index contributed by atoms with van der Waals surface area (Å²) < 4.78 is 40.7. The minimum Gasteiger partial charge on any atom is -0.497 e. The summed E-state index contributed by atoms with van der Waals surface area (Å²) in [4.78, 5) is 17.3. The number of hydrogen-bond acceptors (Lipinski definition) is 6. The summed E-state index contributed by atoms with van der Waals surface area (Å²) in [5.74, 6) is 0.848. The molecule has 35 heavy (non-hydrogen) atoms. The van der Waals surface area contributed by atoms with Crippen LogP contribution < -0.4 is 19.5 Å². The first kappa shape index (κ1) is 23.1. The van der Waals surface area contributed by atoms with E-state index in [9.17, 15) is 13.2 Å². The third kappa shape index (κ3) is 4.28. The van der Waals surface area contributed by atoms with Gasteiger partial charge in [0, 0.05) is 30.7 Å². The number of sulfonamides is 1. The van der Waals surface area contributed by atoms with Gasteiger partial charge in [-0.15, -0.1) is 0 Å². The molecule has 5 rings (SSSR count). The van der Waals surface area contributed by atoms with E-state index in [2.05, 4.69) is 15.0 Å². The molecule has 1 amide bonds. The minimum atomic E-state index is -4.03. The molecular weight excluding hydrogens is 466 g/mol. The average Bonchev–Trinajstić information content (AvgIpc) is 3.21. The fourth-order valence-electron chi connectivity index (χ4n) is 4.60. The highest BCUT2D eigenvalue weighted by molar-refractivity contribution is 7.89. The van der Waals surface area contributed by atoms with Crippen LogP contribution in [0.15, 0.2) is 71.9 Å². The van der Waals surface area contributed by atoms with E-state index >= 15 is 0 Å². The second-order valence-corrected chi connectivity index (χ2v) is 10.3. The summed E-state index contributed by atoms with van der Waals surface area (Å²) in [6.07, 6.45) is 3.86. The third-order valence-corrected chi connectivity index (χ3v) is 8.00. The van der Waals surface area contributed by atoms with E-state index in [4.69, 9.17) is 9.47 Å². The second-order valence-electron chi connectivity index (χ2n) is 8.63. The maximum absolute atomic E-state index is 13.5. The molecule has 1 aromatic heterocycles. The molecular formula is C26H25N3O5S. The number of fused-ring (bicyclic) bond motifs is 2. The Morgan fingerprint density at radius 1 is 0.971 bits per heavy atom. The van der Waals surface area contributed by atoms with Crippen molar-refractivity contribution < 1.29 is 22.7 Å². The van der Waals surface area contributed by atoms with Gasteiger partial charge in [0.25, 0.3) is 0 Å². The fourth-order valence-corrected chi connectivity index (χ4v) is 6.03. The molecule has 3 aromatic carbocycles. The Labute approximate surface area is 203 Å². The van der Waals surface area contributed by atoms with Crippen LogP contribution in [0.4, 0.5) is 0 Å². The smallest absolute Gasteiger partial charge is 0.241 e. The molecule has 1 aliphatic heterocycles. The van der Waals surface area contributed by atoms with Crippen molar-refractivity contribution in [3.05, 3.63) is 72.6 Å². The Kier molecular flexibility index (Phi) is 5.82. The molecule has 180 valence electrons. The minimum absolute atomic E-state index is 0.0759. The quantitative estimate of drug-likeness (QED) is 0.411. The number of ether oxygens (including phenoxy) is 2. The molecule has 9 heteroatoms. The normalized spacial score (nSPS) is 18.1. The Balaban J connectivity index is 1.54. The van der Waals surface area contributed by atoms with Gasteiger partial charge in [-0.2, -0.15) is 4.72 Å². The van der Waals surface area contributed by atoms with E-state index in [1.165, 1.54) is 0 Å². The zero-order chi connectivity index (χ0) is 24.6. The number of aromatic nitrogens is 1. The molecule has 1 atom stereocenters. The maximum atomic E-state index is 13.5. The number of nitrogens with zero attached hydrogens (tertiary/aromatic N) is 1. The van der Waals surface area contributed by atoms with Crippen LogP contribution in [0.3, 0.4) is 0 Å². The number of methoxy groups -OCH3 is 2. The van der Waals surface area contributed by atoms with Crippen molar-refractivity contribution in [1.82, 2.24) is 15.0 Å². The van der Waals surface area contributed by atoms with Gasteiger partial charge in [0.1, 0.15) is 17.0 Å². The van der Waals surface area contributed by atoms with Gasteiger partial charge >= 0.3 is 0 Å². The zero-order valence-corrected chi connectivity index (χ0v) is 20.2. The molecule has 4 aromatic rings. The van der Waals surface area contributed by atoms with Gasteiger partial charge < -0.3 is 14.8 Å². The molecule has 1 fully saturated rings. The highest BCUT2D eigenvalue weighted by atomic mass is 32.2. The lowest BCUT2D eigenvalue weighted by molar-refractivity contribution is -0.124. The van der Waals surface area contributed by atoms with E-state index in [0.717, 1.165) is 27.1 Å². The summed E-state index contributed by atoms with van der Waals surface area (Å²) in [5, 5.41) is 6.21. The van der Waals surface area contributed by atoms with Crippen molar-refractivity contribution in [2.24, 2.45) is 0 Å². The van der Waals surface area contributed by atoms with E-state index in [0.29, 0.717) is 24.5 Å². The molecule has 0 radical (unpaired) electrons. The first-order chi connectivity index (χ1) is 16.8. The lowest BCUT2D eigenvalue weighted by Gasteiger charge is -2.28. The van der Waals surface area contributed by atoms with Crippen molar-refractivity contribution >= 4 is 37.5 Å². The van der Waals surface area contributed by atoms with Crippen LogP contribution in [0, 0.1) is 0 Å². The van der Waals surface area contributed by atoms with Crippen LogP contribution >= 0.6 is 0 Å². The highest BCUT2D eigenvalue weighted by Gasteiger charge is 2.46. The largest absolute Gasteiger partial charge is 0.497 e. The molecule has 1 aliphatic rings. The Hall–Kier alpha value is -3.69. The number of pyridine rings is 1. The molecule has 1 saturated heterocycles. The Bertz CT molecular complexity index is 1550. The van der Waals surface area contributed by atoms with Crippen molar-refractivity contribution in [1.29, 1.82) is 0 Å². The second kappa shape index (κ2) is 8.83. The summed E-state index contributed by atoms with van der Waals surface area (Å²) in [5.41, 5.74) is -0.637. The Morgan fingerprint density at radius 2 is 1.80 bits per heavy atom. The molecule has 2 N–H and O–H groups in total. The van der Waals surface area contributed by atoms with Crippen LogP contribution in [0.25, 0.3) is 21.5 Å². The van der Waals surface area contributed by atoms with E-state index in [-0.39, 0.29) is 17.2 Å². The molecule has 0 bridgehead atoms. The van der Waals surface area contributed by atoms with Gasteiger partial charge in [-0.3, -0.25) is 9.78 Å². The van der Waals surface area contributed by atoms with Gasteiger partial charge in [-0.1, -0.05) is 12.1 Å². The van der Waals surface area contributed by atoms with E-state index in [1.54, 1.807) is 50.9 Å². The van der Waals surface area contributed by atoms with E-state index in [1.807, 2.05) is 30.3 Å². The summed E-state index contributed by atoms with van der Waals surface area (Å²) in [6, 6.07) is 16.0. The predicted octanol–water partition coefficient (Wildman–Crippen LogP) is 3.18. The summed E-state index contributed by atoms with van der Waals surface area (Å²) >= 11 is 0. The number of carbonyl (C=O) groups is 1. The van der Waals surface area contributed by atoms with Gasteiger partial charge in [0.05, 0.1) is 19.1 Å². The number of amides is 1. The van der Waals surface area contributed by atoms with Crippen molar-refractivity contribution in [2.45, 2.75) is 23.3 Å². The van der Waals surface area contributed by atoms with Crippen molar-refractivity contribution in [3.63, 3.8) is 0 Å². The first-order valence-corrected chi connectivity index (χ1v) is 12.6. The average molecular weight is 492 g/mol. The molecule has 0 aliphatic carbocycles. The summed E-state index contributed by atoms with van der Waals surface area (Å²) in [7, 11) is -0.918. The third-order valence-electron chi connectivity index (χ3n) is 6.46. The first-order valence-electron chi connectivity index (χ1n) is 11.1. The van der Waals surface area contributed by atoms with Crippen LogP contribution in [-0.2, 0) is 21.2 Å². The monoisotopic (exact) mass is 491 g/mol. The van der Waals surface area contributed by atoms with Crippen LogP contribution in [-0.4, -0.2) is 45.6 Å². The molecule has 8 nitrogen and oxygen atoms in total. The standard InChI is InChI=1S/C26H25N3O5S/c1-33-22-5-3-17-4-6-23(13-19(17)12-22)35(31,32)29-26(8-10-28-25(26)30)15-20-11-21-16-27-9-7-18(21)14-24(20)34-2/h3-7,9,11-14,16,29H,8,10,15H2,1-2H3,(H,28,30)/t26-/m1/s1. The van der Waals surface area contributed by atoms with Crippen molar-refractivity contribution in [3.8, 4) is 11.5 Å². The van der Waals surface area contributed by atoms with Crippen LogP contribution in [0.5, 0.6) is 11.5 Å². The molecule has 2 heterocycles. The number of rotatable bonds is 7. The summed E-state index contributed by atoms with van der Waals surface area (Å²) in [6.45, 7) is 0.369. The van der Waals surface area contributed by atoms with Crippen LogP contribution in [0.2, 0.25) is 0 Å². The SMILES string of the molecule is COc1ccc2ccc(S(=O)(=O)N[C@@]3(Cc4cc5cnccc5cc4OC)CCNC3=O)cc2c1.